The molecule has 1 rings (SSSR count). The number of pyridine rings is 1. The third kappa shape index (κ3) is 6.31. The van der Waals surface area contributed by atoms with Crippen LogP contribution in [0.1, 0.15) is 18.1 Å². The molecule has 0 saturated heterocycles. The second-order valence-electron chi connectivity index (χ2n) is 5.21. The Morgan fingerprint density at radius 3 is 2.74 bits per heavy atom. The Balaban J connectivity index is 2.82. The molecule has 0 N–H and O–H groups in total. The quantitative estimate of drug-likeness (QED) is 0.437. The minimum atomic E-state index is -1.74. The molecule has 1 heterocycles. The normalized spacial score (nSPS) is 13.5. The molecule has 0 radical (unpaired) electrons. The minimum absolute atomic E-state index is 0.0195. The van der Waals surface area contributed by atoms with Gasteiger partial charge in [-0.15, -0.1) is 0 Å². The Hall–Kier alpha value is -1.46. The Kier molecular flexibility index (Phi) is 5.91. The molecule has 0 amide bonds. The molecule has 4 nitrogen and oxygen atoms in total. The Labute approximate surface area is 115 Å². The molecule has 0 bridgehead atoms. The summed E-state index contributed by atoms with van der Waals surface area (Å²) in [5.41, 5.74) is 0.934. The van der Waals surface area contributed by atoms with Crippen molar-refractivity contribution < 1.29 is 14.0 Å². The first-order chi connectivity index (χ1) is 8.92. The lowest BCUT2D eigenvalue weighted by Gasteiger charge is -2.25. The van der Waals surface area contributed by atoms with E-state index in [0.29, 0.717) is 6.42 Å². The number of ether oxygens (including phenoxy) is 1. The van der Waals surface area contributed by atoms with Crippen molar-refractivity contribution in [1.29, 1.82) is 0 Å². The maximum atomic E-state index is 11.8. The van der Waals surface area contributed by atoms with Crippen LogP contribution in [0.15, 0.2) is 36.9 Å². The van der Waals surface area contributed by atoms with Gasteiger partial charge in [-0.1, -0.05) is 6.07 Å². The second kappa shape index (κ2) is 7.21. The van der Waals surface area contributed by atoms with Crippen molar-refractivity contribution in [3.63, 3.8) is 0 Å². The van der Waals surface area contributed by atoms with Gasteiger partial charge in [0.15, 0.2) is 14.1 Å². The highest BCUT2D eigenvalue weighted by Crippen LogP contribution is 2.25. The molecule has 104 valence electrons. The van der Waals surface area contributed by atoms with E-state index in [2.05, 4.69) is 24.6 Å². The molecule has 0 saturated carbocycles. The molecule has 19 heavy (non-hydrogen) atoms. The second-order valence-corrected chi connectivity index (χ2v) is 9.67. The third-order valence-corrected chi connectivity index (χ3v) is 3.32. The Morgan fingerprint density at radius 1 is 1.47 bits per heavy atom. The van der Waals surface area contributed by atoms with Crippen molar-refractivity contribution in [2.24, 2.45) is 0 Å². The summed E-state index contributed by atoms with van der Waals surface area (Å²) in [6.45, 7) is 6.31. The Bertz CT molecular complexity index is 426. The first kappa shape index (κ1) is 15.6. The SMILES string of the molecule is CO/C=C/C(=O)CC(O[Si](C)(C)C)c1cccnc1. The van der Waals surface area contributed by atoms with Crippen molar-refractivity contribution in [2.45, 2.75) is 32.2 Å². The van der Waals surface area contributed by atoms with Crippen LogP contribution in [0.2, 0.25) is 19.6 Å². The van der Waals surface area contributed by atoms with E-state index in [-0.39, 0.29) is 11.9 Å². The summed E-state index contributed by atoms with van der Waals surface area (Å²) in [6.07, 6.45) is 6.33. The number of rotatable bonds is 7. The molecule has 1 unspecified atom stereocenters. The van der Waals surface area contributed by atoms with Crippen LogP contribution in [-0.2, 0) is 14.0 Å². The fourth-order valence-corrected chi connectivity index (χ4v) is 2.69. The first-order valence-corrected chi connectivity index (χ1v) is 9.63. The monoisotopic (exact) mass is 279 g/mol. The lowest BCUT2D eigenvalue weighted by Crippen LogP contribution is -2.29. The zero-order valence-electron chi connectivity index (χ0n) is 11.9. The Morgan fingerprint density at radius 2 is 2.21 bits per heavy atom. The van der Waals surface area contributed by atoms with Gasteiger partial charge in [0.05, 0.1) is 19.5 Å². The highest BCUT2D eigenvalue weighted by Gasteiger charge is 2.24. The van der Waals surface area contributed by atoms with Crippen LogP contribution in [0.3, 0.4) is 0 Å². The van der Waals surface area contributed by atoms with Gasteiger partial charge in [0.25, 0.3) is 0 Å². The molecule has 0 aliphatic heterocycles. The lowest BCUT2D eigenvalue weighted by atomic mass is 10.1. The van der Waals surface area contributed by atoms with E-state index < -0.39 is 8.32 Å². The number of hydrogen-bond donors (Lipinski definition) is 0. The molecule has 1 aromatic heterocycles. The van der Waals surface area contributed by atoms with Crippen LogP contribution in [-0.4, -0.2) is 26.2 Å². The lowest BCUT2D eigenvalue weighted by molar-refractivity contribution is -0.116. The summed E-state index contributed by atoms with van der Waals surface area (Å²) in [4.78, 5) is 15.9. The number of allylic oxidation sites excluding steroid dienone is 1. The van der Waals surface area contributed by atoms with Gasteiger partial charge in [0, 0.05) is 24.9 Å². The maximum Gasteiger partial charge on any atom is 0.184 e. The van der Waals surface area contributed by atoms with Gasteiger partial charge < -0.3 is 9.16 Å². The summed E-state index contributed by atoms with van der Waals surface area (Å²) < 4.78 is 10.8. The summed E-state index contributed by atoms with van der Waals surface area (Å²) >= 11 is 0. The van der Waals surface area contributed by atoms with Gasteiger partial charge in [0.1, 0.15) is 0 Å². The summed E-state index contributed by atoms with van der Waals surface area (Å²) in [7, 11) is -0.222. The van der Waals surface area contributed by atoms with E-state index >= 15 is 0 Å². The number of ketones is 1. The van der Waals surface area contributed by atoms with E-state index in [1.165, 1.54) is 19.4 Å². The molecule has 1 aromatic rings. The molecular formula is C14H21NO3Si. The van der Waals surface area contributed by atoms with Crippen LogP contribution >= 0.6 is 0 Å². The largest absolute Gasteiger partial charge is 0.504 e. The molecular weight excluding hydrogens is 258 g/mol. The smallest absolute Gasteiger partial charge is 0.184 e. The number of carbonyl (C=O) groups is 1. The molecule has 1 atom stereocenters. The van der Waals surface area contributed by atoms with Crippen LogP contribution < -0.4 is 0 Å². The average Bonchev–Trinajstić information content (AvgIpc) is 2.35. The fourth-order valence-electron chi connectivity index (χ4n) is 1.62. The predicted molar refractivity (Wildman–Crippen MR) is 77.2 cm³/mol. The van der Waals surface area contributed by atoms with Crippen LogP contribution in [0.4, 0.5) is 0 Å². The molecule has 0 aliphatic rings. The van der Waals surface area contributed by atoms with Gasteiger partial charge in [-0.2, -0.15) is 0 Å². The van der Waals surface area contributed by atoms with Crippen molar-refractivity contribution in [3.05, 3.63) is 42.4 Å². The standard InChI is InChI=1S/C14H21NO3Si/c1-17-9-7-13(16)10-14(18-19(2,3)4)12-6-5-8-15-11-12/h5-9,11,14H,10H2,1-4H3/b9-7+. The number of aromatic nitrogens is 1. The van der Waals surface area contributed by atoms with Gasteiger partial charge in [-0.3, -0.25) is 9.78 Å². The molecule has 0 aliphatic carbocycles. The molecule has 0 spiro atoms. The minimum Gasteiger partial charge on any atom is -0.504 e. The fraction of sp³-hybridized carbons (Fsp3) is 0.429. The molecule has 0 aromatic carbocycles. The van der Waals surface area contributed by atoms with Gasteiger partial charge in [0.2, 0.25) is 0 Å². The van der Waals surface area contributed by atoms with Crippen LogP contribution in [0.25, 0.3) is 0 Å². The van der Waals surface area contributed by atoms with E-state index in [4.69, 9.17) is 9.16 Å². The zero-order chi connectivity index (χ0) is 14.3. The van der Waals surface area contributed by atoms with Gasteiger partial charge in [-0.05, 0) is 31.3 Å². The van der Waals surface area contributed by atoms with Crippen molar-refractivity contribution in [1.82, 2.24) is 4.98 Å². The van der Waals surface area contributed by atoms with E-state index in [1.807, 2.05) is 12.1 Å². The number of nitrogens with zero attached hydrogens (tertiary/aromatic N) is 1. The highest BCUT2D eigenvalue weighted by molar-refractivity contribution is 6.69. The van der Waals surface area contributed by atoms with Gasteiger partial charge in [-0.25, -0.2) is 0 Å². The molecule has 5 heteroatoms. The number of hydrogen-bond acceptors (Lipinski definition) is 4. The molecule has 0 fully saturated rings. The van der Waals surface area contributed by atoms with E-state index in [0.717, 1.165) is 5.56 Å². The van der Waals surface area contributed by atoms with Gasteiger partial charge >= 0.3 is 0 Å². The van der Waals surface area contributed by atoms with E-state index in [9.17, 15) is 4.79 Å². The zero-order valence-corrected chi connectivity index (χ0v) is 12.9. The topological polar surface area (TPSA) is 48.4 Å². The van der Waals surface area contributed by atoms with E-state index in [1.54, 1.807) is 12.4 Å². The highest BCUT2D eigenvalue weighted by atomic mass is 28.4. The number of methoxy groups -OCH3 is 1. The van der Waals surface area contributed by atoms with Crippen molar-refractivity contribution >= 4 is 14.1 Å². The van der Waals surface area contributed by atoms with Crippen molar-refractivity contribution in [3.8, 4) is 0 Å². The first-order valence-electron chi connectivity index (χ1n) is 6.22. The van der Waals surface area contributed by atoms with Crippen molar-refractivity contribution in [2.75, 3.05) is 7.11 Å². The summed E-state index contributed by atoms with van der Waals surface area (Å²) in [5.74, 6) is -0.0195. The van der Waals surface area contributed by atoms with Crippen LogP contribution in [0, 0.1) is 0 Å². The third-order valence-electron chi connectivity index (χ3n) is 2.33. The number of carbonyl (C=O) groups excluding carboxylic acids is 1. The predicted octanol–water partition coefficient (Wildman–Crippen LogP) is 3.09. The van der Waals surface area contributed by atoms with Crippen LogP contribution in [0.5, 0.6) is 0 Å². The summed E-state index contributed by atoms with van der Waals surface area (Å²) in [5, 5.41) is 0. The average molecular weight is 279 g/mol. The maximum absolute atomic E-state index is 11.8. The summed E-state index contributed by atoms with van der Waals surface area (Å²) in [6, 6.07) is 3.79.